The molecule has 156 valence electrons. The number of ether oxygens (including phenoxy) is 1. The highest BCUT2D eigenvalue weighted by Gasteiger charge is 2.54. The summed E-state index contributed by atoms with van der Waals surface area (Å²) in [6.07, 6.45) is 2.62. The fourth-order valence-corrected chi connectivity index (χ4v) is 5.57. The number of hydrogen-bond donors (Lipinski definition) is 2. The van der Waals surface area contributed by atoms with E-state index in [0.29, 0.717) is 13.0 Å². The molecule has 0 aromatic heterocycles. The van der Waals surface area contributed by atoms with Crippen LogP contribution in [0.2, 0.25) is 0 Å². The Kier molecular flexibility index (Phi) is 4.74. The molecule has 2 unspecified atom stereocenters. The molecule has 2 saturated heterocycles. The zero-order chi connectivity index (χ0) is 20.7. The molecule has 0 radical (unpaired) electrons. The normalized spacial score (nSPS) is 25.3. The van der Waals surface area contributed by atoms with Crippen LogP contribution in [0, 0.1) is 0 Å². The Morgan fingerprint density at radius 2 is 1.70 bits per heavy atom. The first-order valence-corrected chi connectivity index (χ1v) is 10.7. The van der Waals surface area contributed by atoms with Gasteiger partial charge in [0.05, 0.1) is 0 Å². The van der Waals surface area contributed by atoms with Crippen LogP contribution < -0.4 is 5.32 Å². The molecule has 2 heterocycles. The molecule has 2 N–H and O–H groups in total. The average Bonchev–Trinajstić information content (AvgIpc) is 3.29. The van der Waals surface area contributed by atoms with Gasteiger partial charge in [-0.15, -0.1) is 0 Å². The molecule has 2 fully saturated rings. The number of nitrogens with zero attached hydrogens (tertiary/aromatic N) is 1. The molecule has 6 nitrogen and oxygen atoms in total. The summed E-state index contributed by atoms with van der Waals surface area (Å²) >= 11 is 0. The summed E-state index contributed by atoms with van der Waals surface area (Å²) in [4.78, 5) is 27.1. The van der Waals surface area contributed by atoms with Crippen LogP contribution in [0.25, 0.3) is 11.1 Å². The SMILES string of the molecule is O=C(NC1(C(=O)O)CCN2CCCCC21)OCC1c2ccccc2-c2ccccc21. The molecule has 2 aromatic rings. The minimum absolute atomic E-state index is 0.0429. The van der Waals surface area contributed by atoms with Gasteiger partial charge in [-0.25, -0.2) is 9.59 Å². The van der Waals surface area contributed by atoms with Gasteiger partial charge in [-0.05, 0) is 48.1 Å². The van der Waals surface area contributed by atoms with Crippen LogP contribution in [0.3, 0.4) is 0 Å². The Morgan fingerprint density at radius 1 is 1.03 bits per heavy atom. The summed E-state index contributed by atoms with van der Waals surface area (Å²) in [7, 11) is 0. The third-order valence-electron chi connectivity index (χ3n) is 7.03. The van der Waals surface area contributed by atoms with Gasteiger partial charge in [0.25, 0.3) is 0 Å². The Balaban J connectivity index is 1.32. The molecule has 2 aromatic carbocycles. The van der Waals surface area contributed by atoms with Crippen molar-refractivity contribution in [3.05, 3.63) is 59.7 Å². The molecule has 0 bridgehead atoms. The van der Waals surface area contributed by atoms with Crippen LogP contribution in [0.4, 0.5) is 4.79 Å². The highest BCUT2D eigenvalue weighted by Crippen LogP contribution is 2.44. The molecule has 2 atom stereocenters. The number of piperidine rings is 1. The van der Waals surface area contributed by atoms with E-state index < -0.39 is 17.6 Å². The van der Waals surface area contributed by atoms with E-state index in [1.165, 1.54) is 0 Å². The summed E-state index contributed by atoms with van der Waals surface area (Å²) in [5, 5.41) is 12.8. The van der Waals surface area contributed by atoms with E-state index in [9.17, 15) is 14.7 Å². The lowest BCUT2D eigenvalue weighted by molar-refractivity contribution is -0.146. The Labute approximate surface area is 175 Å². The number of nitrogens with one attached hydrogen (secondary N) is 1. The quantitative estimate of drug-likeness (QED) is 0.811. The van der Waals surface area contributed by atoms with Crippen molar-refractivity contribution in [2.75, 3.05) is 19.7 Å². The summed E-state index contributed by atoms with van der Waals surface area (Å²) in [5.74, 6) is -1.01. The van der Waals surface area contributed by atoms with E-state index in [4.69, 9.17) is 4.74 Å². The molecule has 5 rings (SSSR count). The maximum absolute atomic E-state index is 12.7. The van der Waals surface area contributed by atoms with E-state index in [0.717, 1.165) is 48.1 Å². The number of alkyl carbamates (subject to hydrolysis) is 1. The summed E-state index contributed by atoms with van der Waals surface area (Å²) < 4.78 is 5.62. The minimum Gasteiger partial charge on any atom is -0.479 e. The maximum atomic E-state index is 12.7. The van der Waals surface area contributed by atoms with Crippen LogP contribution >= 0.6 is 0 Å². The fraction of sp³-hybridized carbons (Fsp3) is 0.417. The van der Waals surface area contributed by atoms with Gasteiger partial charge in [0, 0.05) is 18.5 Å². The van der Waals surface area contributed by atoms with E-state index in [-0.39, 0.29) is 18.6 Å². The molecule has 2 aliphatic heterocycles. The predicted molar refractivity (Wildman–Crippen MR) is 112 cm³/mol. The van der Waals surface area contributed by atoms with Crippen molar-refractivity contribution in [1.29, 1.82) is 0 Å². The smallest absolute Gasteiger partial charge is 0.408 e. The van der Waals surface area contributed by atoms with Crippen molar-refractivity contribution in [1.82, 2.24) is 10.2 Å². The monoisotopic (exact) mass is 406 g/mol. The number of rotatable bonds is 4. The Morgan fingerprint density at radius 3 is 2.37 bits per heavy atom. The first-order valence-electron chi connectivity index (χ1n) is 10.7. The lowest BCUT2D eigenvalue weighted by Gasteiger charge is -2.38. The summed E-state index contributed by atoms with van der Waals surface area (Å²) in [6.45, 7) is 1.77. The number of carbonyl (C=O) groups excluding carboxylic acids is 1. The second-order valence-electron chi connectivity index (χ2n) is 8.52. The zero-order valence-corrected chi connectivity index (χ0v) is 16.8. The third-order valence-corrected chi connectivity index (χ3v) is 7.03. The second kappa shape index (κ2) is 7.43. The maximum Gasteiger partial charge on any atom is 0.408 e. The van der Waals surface area contributed by atoms with Gasteiger partial charge in [-0.1, -0.05) is 55.0 Å². The van der Waals surface area contributed by atoms with Gasteiger partial charge < -0.3 is 15.2 Å². The van der Waals surface area contributed by atoms with Crippen molar-refractivity contribution >= 4 is 12.1 Å². The van der Waals surface area contributed by atoms with Gasteiger partial charge in [0.15, 0.2) is 5.54 Å². The zero-order valence-electron chi connectivity index (χ0n) is 16.8. The van der Waals surface area contributed by atoms with Gasteiger partial charge in [0.2, 0.25) is 0 Å². The number of amides is 1. The lowest BCUT2D eigenvalue weighted by atomic mass is 9.85. The molecule has 0 spiro atoms. The minimum atomic E-state index is -1.26. The fourth-order valence-electron chi connectivity index (χ4n) is 5.57. The van der Waals surface area contributed by atoms with Crippen molar-refractivity contribution in [2.45, 2.75) is 43.2 Å². The van der Waals surface area contributed by atoms with Crippen LogP contribution in [-0.2, 0) is 9.53 Å². The van der Waals surface area contributed by atoms with Crippen molar-refractivity contribution in [2.24, 2.45) is 0 Å². The van der Waals surface area contributed by atoms with Crippen LogP contribution in [-0.4, -0.2) is 53.3 Å². The van der Waals surface area contributed by atoms with Crippen LogP contribution in [0.15, 0.2) is 48.5 Å². The number of carbonyl (C=O) groups is 2. The highest BCUT2D eigenvalue weighted by atomic mass is 16.5. The lowest BCUT2D eigenvalue weighted by Crippen LogP contribution is -2.62. The number of carboxylic acids is 1. The van der Waals surface area contributed by atoms with E-state index in [1.54, 1.807) is 0 Å². The van der Waals surface area contributed by atoms with Crippen molar-refractivity contribution in [3.8, 4) is 11.1 Å². The molecule has 30 heavy (non-hydrogen) atoms. The first-order chi connectivity index (χ1) is 14.6. The van der Waals surface area contributed by atoms with Gasteiger partial charge in [-0.3, -0.25) is 4.90 Å². The Bertz CT molecular complexity index is 945. The summed E-state index contributed by atoms with van der Waals surface area (Å²) in [5.41, 5.74) is 3.34. The second-order valence-corrected chi connectivity index (χ2v) is 8.52. The summed E-state index contributed by atoms with van der Waals surface area (Å²) in [6, 6.07) is 16.2. The van der Waals surface area contributed by atoms with Gasteiger partial charge in [-0.2, -0.15) is 0 Å². The first kappa shape index (κ1) is 19.1. The molecule has 0 saturated carbocycles. The van der Waals surface area contributed by atoms with Crippen LogP contribution in [0.5, 0.6) is 0 Å². The molecule has 3 aliphatic rings. The molecule has 1 aliphatic carbocycles. The number of hydrogen-bond acceptors (Lipinski definition) is 4. The third kappa shape index (κ3) is 2.98. The van der Waals surface area contributed by atoms with Gasteiger partial charge in [0.1, 0.15) is 6.61 Å². The van der Waals surface area contributed by atoms with Crippen molar-refractivity contribution in [3.63, 3.8) is 0 Å². The average molecular weight is 406 g/mol. The Hall–Kier alpha value is -2.86. The number of benzene rings is 2. The van der Waals surface area contributed by atoms with E-state index in [1.807, 2.05) is 24.3 Å². The van der Waals surface area contributed by atoms with Crippen molar-refractivity contribution < 1.29 is 19.4 Å². The standard InChI is InChI=1S/C24H26N2O4/c27-22(28)24(12-14-26-13-6-5-11-21(24)26)25-23(29)30-15-20-18-9-3-1-7-16(18)17-8-2-4-10-19(17)20/h1-4,7-10,20-21H,5-6,11-15H2,(H,25,29)(H,27,28). The largest absolute Gasteiger partial charge is 0.479 e. The topological polar surface area (TPSA) is 78.9 Å². The number of aliphatic carboxylic acids is 1. The molecule has 1 amide bonds. The molecule has 6 heteroatoms. The molecular weight excluding hydrogens is 380 g/mol. The number of fused-ring (bicyclic) bond motifs is 4. The predicted octanol–water partition coefficient (Wildman–Crippen LogP) is 3.61. The molecular formula is C24H26N2O4. The highest BCUT2D eigenvalue weighted by molar-refractivity contribution is 5.86. The number of carboxylic acid groups (broad SMARTS) is 1. The van der Waals surface area contributed by atoms with E-state index >= 15 is 0 Å². The van der Waals surface area contributed by atoms with E-state index in [2.05, 4.69) is 34.5 Å². The van der Waals surface area contributed by atoms with Crippen LogP contribution in [0.1, 0.15) is 42.7 Å². The van der Waals surface area contributed by atoms with Gasteiger partial charge >= 0.3 is 12.1 Å².